The Morgan fingerprint density at radius 2 is 1.76 bits per heavy atom. The van der Waals surface area contributed by atoms with E-state index < -0.39 is 6.10 Å². The predicted molar refractivity (Wildman–Crippen MR) is 88.8 cm³/mol. The van der Waals surface area contributed by atoms with Gasteiger partial charge in [0, 0.05) is 6.54 Å². The molecule has 1 atom stereocenters. The van der Waals surface area contributed by atoms with E-state index in [1.54, 1.807) is 0 Å². The second-order valence-corrected chi connectivity index (χ2v) is 5.83. The molecule has 0 aliphatic heterocycles. The number of unbranched alkanes of at least 4 members (excludes halogenated alkanes) is 1. The molecule has 3 nitrogen and oxygen atoms in total. The minimum Gasteiger partial charge on any atom is -0.491 e. The van der Waals surface area contributed by atoms with Crippen molar-refractivity contribution in [1.82, 2.24) is 4.90 Å². The molecule has 0 aromatic heterocycles. The second-order valence-electron chi connectivity index (χ2n) is 5.83. The average Bonchev–Trinajstić information content (AvgIpc) is 2.47. The van der Waals surface area contributed by atoms with Crippen molar-refractivity contribution >= 4 is 0 Å². The summed E-state index contributed by atoms with van der Waals surface area (Å²) in [5.74, 6) is 0.860. The van der Waals surface area contributed by atoms with E-state index in [0.717, 1.165) is 37.4 Å². The quantitative estimate of drug-likeness (QED) is 0.707. The van der Waals surface area contributed by atoms with Crippen LogP contribution in [0.1, 0.15) is 58.6 Å². The van der Waals surface area contributed by atoms with E-state index in [4.69, 9.17) is 4.74 Å². The van der Waals surface area contributed by atoms with Crippen LogP contribution in [-0.2, 0) is 0 Å². The molecule has 1 unspecified atom stereocenters. The SMILES string of the molecule is CCCCN(CC)CCC(O)c1ccc(OC(C)C)cc1. The van der Waals surface area contributed by atoms with Crippen molar-refractivity contribution in [2.75, 3.05) is 19.6 Å². The zero-order valence-corrected chi connectivity index (χ0v) is 14.0. The third kappa shape index (κ3) is 6.96. The summed E-state index contributed by atoms with van der Waals surface area (Å²) in [5.41, 5.74) is 0.970. The van der Waals surface area contributed by atoms with Crippen LogP contribution < -0.4 is 4.74 Å². The van der Waals surface area contributed by atoms with Gasteiger partial charge in [0.2, 0.25) is 0 Å². The summed E-state index contributed by atoms with van der Waals surface area (Å²) >= 11 is 0. The van der Waals surface area contributed by atoms with Crippen molar-refractivity contribution in [1.29, 1.82) is 0 Å². The number of aliphatic hydroxyl groups excluding tert-OH is 1. The maximum Gasteiger partial charge on any atom is 0.119 e. The zero-order valence-electron chi connectivity index (χ0n) is 14.0. The lowest BCUT2D eigenvalue weighted by molar-refractivity contribution is 0.143. The summed E-state index contributed by atoms with van der Waals surface area (Å²) in [7, 11) is 0. The Bertz CT molecular complexity index is 375. The molecule has 1 N–H and O–H groups in total. The number of aliphatic hydroxyl groups is 1. The van der Waals surface area contributed by atoms with Gasteiger partial charge >= 0.3 is 0 Å². The van der Waals surface area contributed by atoms with Gasteiger partial charge in [-0.25, -0.2) is 0 Å². The Balaban J connectivity index is 2.45. The number of hydrogen-bond donors (Lipinski definition) is 1. The predicted octanol–water partition coefficient (Wildman–Crippen LogP) is 4.02. The molecule has 0 saturated heterocycles. The fourth-order valence-electron chi connectivity index (χ4n) is 2.32. The van der Waals surface area contributed by atoms with Crippen LogP contribution in [0.4, 0.5) is 0 Å². The molecular formula is C18H31NO2. The number of benzene rings is 1. The normalized spacial score (nSPS) is 12.9. The van der Waals surface area contributed by atoms with Gasteiger partial charge in [0.05, 0.1) is 12.2 Å². The lowest BCUT2D eigenvalue weighted by atomic mass is 10.1. The molecule has 0 fully saturated rings. The van der Waals surface area contributed by atoms with Gasteiger partial charge in [0.25, 0.3) is 0 Å². The summed E-state index contributed by atoms with van der Waals surface area (Å²) in [4.78, 5) is 2.41. The first-order valence-electron chi connectivity index (χ1n) is 8.23. The summed E-state index contributed by atoms with van der Waals surface area (Å²) in [6, 6.07) is 7.80. The molecular weight excluding hydrogens is 262 g/mol. The van der Waals surface area contributed by atoms with Crippen molar-refractivity contribution < 1.29 is 9.84 Å². The standard InChI is InChI=1S/C18H31NO2/c1-5-7-13-19(6-2)14-12-18(20)16-8-10-17(11-9-16)21-15(3)4/h8-11,15,18,20H,5-7,12-14H2,1-4H3. The van der Waals surface area contributed by atoms with Crippen LogP contribution in [0.3, 0.4) is 0 Å². The molecule has 0 saturated carbocycles. The van der Waals surface area contributed by atoms with Gasteiger partial charge < -0.3 is 14.7 Å². The molecule has 0 amide bonds. The van der Waals surface area contributed by atoms with Crippen molar-refractivity contribution in [2.24, 2.45) is 0 Å². The summed E-state index contributed by atoms with van der Waals surface area (Å²) in [6.07, 6.45) is 3.01. The van der Waals surface area contributed by atoms with Crippen molar-refractivity contribution in [3.05, 3.63) is 29.8 Å². The number of rotatable bonds is 10. The van der Waals surface area contributed by atoms with Crippen LogP contribution in [-0.4, -0.2) is 35.7 Å². The Morgan fingerprint density at radius 1 is 1.10 bits per heavy atom. The van der Waals surface area contributed by atoms with Crippen molar-refractivity contribution in [3.63, 3.8) is 0 Å². The number of nitrogens with zero attached hydrogens (tertiary/aromatic N) is 1. The molecule has 1 aromatic rings. The molecule has 120 valence electrons. The zero-order chi connectivity index (χ0) is 15.7. The molecule has 0 heterocycles. The highest BCUT2D eigenvalue weighted by molar-refractivity contribution is 5.28. The van der Waals surface area contributed by atoms with Crippen LogP contribution in [0.15, 0.2) is 24.3 Å². The smallest absolute Gasteiger partial charge is 0.119 e. The molecule has 21 heavy (non-hydrogen) atoms. The van der Waals surface area contributed by atoms with Crippen LogP contribution in [0.25, 0.3) is 0 Å². The Hall–Kier alpha value is -1.06. The van der Waals surface area contributed by atoms with Gasteiger partial charge in [-0.05, 0) is 57.5 Å². The number of hydrogen-bond acceptors (Lipinski definition) is 3. The Labute approximate surface area is 129 Å². The molecule has 0 aliphatic rings. The lowest BCUT2D eigenvalue weighted by Gasteiger charge is -2.22. The highest BCUT2D eigenvalue weighted by Crippen LogP contribution is 2.21. The minimum atomic E-state index is -0.395. The van der Waals surface area contributed by atoms with Crippen LogP contribution in [0, 0.1) is 0 Å². The van der Waals surface area contributed by atoms with Gasteiger partial charge in [0.15, 0.2) is 0 Å². The van der Waals surface area contributed by atoms with Gasteiger partial charge in [-0.2, -0.15) is 0 Å². The average molecular weight is 293 g/mol. The van der Waals surface area contributed by atoms with Gasteiger partial charge in [-0.15, -0.1) is 0 Å². The topological polar surface area (TPSA) is 32.7 Å². The summed E-state index contributed by atoms with van der Waals surface area (Å²) in [5, 5.41) is 10.3. The molecule has 3 heteroatoms. The largest absolute Gasteiger partial charge is 0.491 e. The first kappa shape index (κ1) is 18.0. The van der Waals surface area contributed by atoms with Crippen LogP contribution >= 0.6 is 0 Å². The maximum absolute atomic E-state index is 10.3. The number of ether oxygens (including phenoxy) is 1. The minimum absolute atomic E-state index is 0.178. The van der Waals surface area contributed by atoms with Gasteiger partial charge in [-0.3, -0.25) is 0 Å². The third-order valence-electron chi connectivity index (χ3n) is 3.63. The van der Waals surface area contributed by atoms with Gasteiger partial charge in [0.1, 0.15) is 5.75 Å². The highest BCUT2D eigenvalue weighted by atomic mass is 16.5. The second kappa shape index (κ2) is 9.80. The molecule has 1 rings (SSSR count). The molecule has 1 aromatic carbocycles. The maximum atomic E-state index is 10.3. The van der Waals surface area contributed by atoms with E-state index in [1.807, 2.05) is 38.1 Å². The summed E-state index contributed by atoms with van der Waals surface area (Å²) in [6.45, 7) is 11.5. The monoisotopic (exact) mass is 293 g/mol. The molecule has 0 radical (unpaired) electrons. The van der Waals surface area contributed by atoms with E-state index in [-0.39, 0.29) is 6.10 Å². The van der Waals surface area contributed by atoms with Crippen LogP contribution in [0.5, 0.6) is 5.75 Å². The van der Waals surface area contributed by atoms with Crippen LogP contribution in [0.2, 0.25) is 0 Å². The van der Waals surface area contributed by atoms with E-state index >= 15 is 0 Å². The van der Waals surface area contributed by atoms with Crippen molar-refractivity contribution in [3.8, 4) is 5.75 Å². The first-order valence-corrected chi connectivity index (χ1v) is 8.23. The first-order chi connectivity index (χ1) is 10.1. The fraction of sp³-hybridized carbons (Fsp3) is 0.667. The van der Waals surface area contributed by atoms with Gasteiger partial charge in [-0.1, -0.05) is 32.4 Å². The Morgan fingerprint density at radius 3 is 2.29 bits per heavy atom. The van der Waals surface area contributed by atoms with E-state index in [1.165, 1.54) is 12.8 Å². The molecule has 0 aliphatic carbocycles. The van der Waals surface area contributed by atoms with E-state index in [0.29, 0.717) is 0 Å². The highest BCUT2D eigenvalue weighted by Gasteiger charge is 2.10. The molecule has 0 spiro atoms. The van der Waals surface area contributed by atoms with Crippen molar-refractivity contribution in [2.45, 2.75) is 59.2 Å². The lowest BCUT2D eigenvalue weighted by Crippen LogP contribution is -2.26. The Kier molecular flexibility index (Phi) is 8.40. The molecule has 0 bridgehead atoms. The summed E-state index contributed by atoms with van der Waals surface area (Å²) < 4.78 is 5.62. The van der Waals surface area contributed by atoms with E-state index in [9.17, 15) is 5.11 Å². The van der Waals surface area contributed by atoms with E-state index in [2.05, 4.69) is 18.7 Å². The third-order valence-corrected chi connectivity index (χ3v) is 3.63. The fourth-order valence-corrected chi connectivity index (χ4v) is 2.32.